The van der Waals surface area contributed by atoms with Gasteiger partial charge in [0.1, 0.15) is 12.4 Å². The molecule has 0 amide bonds. The molecule has 4 rings (SSSR count). The van der Waals surface area contributed by atoms with Gasteiger partial charge in [0.25, 0.3) is 0 Å². The van der Waals surface area contributed by atoms with Crippen LogP contribution in [0.2, 0.25) is 0 Å². The minimum absolute atomic E-state index is 0.602. The number of fused-ring (bicyclic) bond motifs is 1. The fraction of sp³-hybridized carbons (Fsp3) is 0.381. The molecule has 0 bridgehead atoms. The van der Waals surface area contributed by atoms with Gasteiger partial charge in [-0.05, 0) is 56.3 Å². The van der Waals surface area contributed by atoms with E-state index in [1.807, 2.05) is 47.1 Å². The molecule has 1 aliphatic heterocycles. The second-order valence-corrected chi connectivity index (χ2v) is 6.94. The van der Waals surface area contributed by atoms with Crippen LogP contribution in [0.4, 0.5) is 5.69 Å². The Morgan fingerprint density at radius 2 is 1.96 bits per heavy atom. The van der Waals surface area contributed by atoms with Crippen LogP contribution in [-0.4, -0.2) is 47.6 Å². The van der Waals surface area contributed by atoms with E-state index in [2.05, 4.69) is 4.90 Å². The molecule has 142 valence electrons. The fourth-order valence-electron chi connectivity index (χ4n) is 3.60. The molecule has 1 fully saturated rings. The molecule has 0 radical (unpaired) electrons. The van der Waals surface area contributed by atoms with Crippen LogP contribution in [0.5, 0.6) is 11.5 Å². The van der Waals surface area contributed by atoms with Crippen LogP contribution in [0.15, 0.2) is 42.7 Å². The SMILES string of the molecule is COc1ccc(-c2cn3cccc(OCCN4CCCCC4)c3n2)cc1N. The molecule has 6 nitrogen and oxygen atoms in total. The van der Waals surface area contributed by atoms with E-state index in [1.54, 1.807) is 7.11 Å². The summed E-state index contributed by atoms with van der Waals surface area (Å²) < 4.78 is 13.3. The second-order valence-electron chi connectivity index (χ2n) is 6.94. The number of imidazole rings is 1. The Labute approximate surface area is 159 Å². The summed E-state index contributed by atoms with van der Waals surface area (Å²) >= 11 is 0. The summed E-state index contributed by atoms with van der Waals surface area (Å²) in [7, 11) is 1.61. The molecule has 1 saturated heterocycles. The zero-order valence-corrected chi connectivity index (χ0v) is 15.7. The van der Waals surface area contributed by atoms with Crippen LogP contribution >= 0.6 is 0 Å². The van der Waals surface area contributed by atoms with Crippen molar-refractivity contribution in [3.63, 3.8) is 0 Å². The highest BCUT2D eigenvalue weighted by atomic mass is 16.5. The third-order valence-electron chi connectivity index (χ3n) is 5.09. The van der Waals surface area contributed by atoms with Crippen molar-refractivity contribution >= 4 is 11.3 Å². The number of rotatable bonds is 6. The van der Waals surface area contributed by atoms with Crippen LogP contribution < -0.4 is 15.2 Å². The Balaban J connectivity index is 1.52. The van der Waals surface area contributed by atoms with Gasteiger partial charge in [-0.3, -0.25) is 4.90 Å². The minimum atomic E-state index is 0.602. The first-order valence-corrected chi connectivity index (χ1v) is 9.51. The Kier molecular flexibility index (Phi) is 5.16. The van der Waals surface area contributed by atoms with E-state index in [9.17, 15) is 0 Å². The molecule has 1 aromatic carbocycles. The van der Waals surface area contributed by atoms with Crippen molar-refractivity contribution in [2.24, 2.45) is 0 Å². The van der Waals surface area contributed by atoms with Crippen LogP contribution in [-0.2, 0) is 0 Å². The van der Waals surface area contributed by atoms with Crippen LogP contribution in [0, 0.1) is 0 Å². The average molecular weight is 366 g/mol. The highest BCUT2D eigenvalue weighted by Gasteiger charge is 2.12. The maximum absolute atomic E-state index is 6.06. The number of likely N-dealkylation sites (tertiary alicyclic amines) is 1. The normalized spacial score (nSPS) is 15.1. The number of methoxy groups -OCH3 is 1. The van der Waals surface area contributed by atoms with E-state index < -0.39 is 0 Å². The Morgan fingerprint density at radius 1 is 1.11 bits per heavy atom. The van der Waals surface area contributed by atoms with Crippen molar-refractivity contribution in [2.45, 2.75) is 19.3 Å². The number of pyridine rings is 1. The molecule has 3 aromatic rings. The molecule has 0 spiro atoms. The molecule has 1 aliphatic rings. The molecule has 2 N–H and O–H groups in total. The van der Waals surface area contributed by atoms with E-state index >= 15 is 0 Å². The van der Waals surface area contributed by atoms with E-state index in [1.165, 1.54) is 32.4 Å². The number of anilines is 1. The number of nitrogen functional groups attached to an aromatic ring is 1. The maximum atomic E-state index is 6.06. The van der Waals surface area contributed by atoms with Crippen molar-refractivity contribution < 1.29 is 9.47 Å². The van der Waals surface area contributed by atoms with Crippen LogP contribution in [0.1, 0.15) is 19.3 Å². The molecule has 0 unspecified atom stereocenters. The van der Waals surface area contributed by atoms with Gasteiger partial charge in [-0.2, -0.15) is 0 Å². The van der Waals surface area contributed by atoms with Gasteiger partial charge < -0.3 is 19.6 Å². The largest absolute Gasteiger partial charge is 0.495 e. The third kappa shape index (κ3) is 3.85. The third-order valence-corrected chi connectivity index (χ3v) is 5.09. The Bertz CT molecular complexity index is 916. The first-order chi connectivity index (χ1) is 13.2. The number of nitrogens with two attached hydrogens (primary N) is 1. The predicted molar refractivity (Wildman–Crippen MR) is 107 cm³/mol. The van der Waals surface area contributed by atoms with Crippen molar-refractivity contribution in [1.29, 1.82) is 0 Å². The van der Waals surface area contributed by atoms with Gasteiger partial charge in [0.15, 0.2) is 11.4 Å². The Morgan fingerprint density at radius 3 is 2.74 bits per heavy atom. The van der Waals surface area contributed by atoms with Gasteiger partial charge in [0.05, 0.1) is 18.5 Å². The average Bonchev–Trinajstić information content (AvgIpc) is 3.14. The molecular formula is C21H26N4O2. The minimum Gasteiger partial charge on any atom is -0.495 e. The predicted octanol–water partition coefficient (Wildman–Crippen LogP) is 3.46. The first-order valence-electron chi connectivity index (χ1n) is 9.51. The zero-order valence-electron chi connectivity index (χ0n) is 15.7. The summed E-state index contributed by atoms with van der Waals surface area (Å²) in [6, 6.07) is 9.68. The molecular weight excluding hydrogens is 340 g/mol. The topological polar surface area (TPSA) is 65.0 Å². The quantitative estimate of drug-likeness (QED) is 0.677. The summed E-state index contributed by atoms with van der Waals surface area (Å²) in [6.07, 6.45) is 7.92. The number of aromatic nitrogens is 2. The van der Waals surface area contributed by atoms with E-state index in [0.717, 1.165) is 29.2 Å². The van der Waals surface area contributed by atoms with Crippen molar-refractivity contribution in [2.75, 3.05) is 39.1 Å². The van der Waals surface area contributed by atoms with Crippen LogP contribution in [0.3, 0.4) is 0 Å². The van der Waals surface area contributed by atoms with Gasteiger partial charge >= 0.3 is 0 Å². The maximum Gasteiger partial charge on any atom is 0.180 e. The number of benzene rings is 1. The zero-order chi connectivity index (χ0) is 18.6. The Hall–Kier alpha value is -2.73. The molecule has 2 aromatic heterocycles. The monoisotopic (exact) mass is 366 g/mol. The number of ether oxygens (including phenoxy) is 2. The smallest absolute Gasteiger partial charge is 0.180 e. The van der Waals surface area contributed by atoms with E-state index in [0.29, 0.717) is 18.0 Å². The standard InChI is InChI=1S/C21H26N4O2/c1-26-19-8-7-16(14-17(19)22)18-15-25-11-5-6-20(21(25)23-18)27-13-12-24-9-3-2-4-10-24/h5-8,11,14-15H,2-4,9-10,12-13,22H2,1H3. The van der Waals surface area contributed by atoms with Gasteiger partial charge in [0.2, 0.25) is 0 Å². The van der Waals surface area contributed by atoms with Crippen molar-refractivity contribution in [3.8, 4) is 22.8 Å². The molecule has 0 aliphatic carbocycles. The molecule has 0 atom stereocenters. The summed E-state index contributed by atoms with van der Waals surface area (Å²) in [5, 5.41) is 0. The lowest BCUT2D eigenvalue weighted by molar-refractivity contribution is 0.184. The van der Waals surface area contributed by atoms with Gasteiger partial charge in [-0.25, -0.2) is 4.98 Å². The first kappa shape index (κ1) is 17.7. The summed E-state index contributed by atoms with van der Waals surface area (Å²) in [6.45, 7) is 4.00. The van der Waals surface area contributed by atoms with E-state index in [4.69, 9.17) is 20.2 Å². The van der Waals surface area contributed by atoms with Crippen molar-refractivity contribution in [1.82, 2.24) is 14.3 Å². The lowest BCUT2D eigenvalue weighted by atomic mass is 10.1. The lowest BCUT2D eigenvalue weighted by Crippen LogP contribution is -2.33. The van der Waals surface area contributed by atoms with Crippen molar-refractivity contribution in [3.05, 3.63) is 42.7 Å². The van der Waals surface area contributed by atoms with E-state index in [-0.39, 0.29) is 0 Å². The molecule has 0 saturated carbocycles. The molecule has 6 heteroatoms. The summed E-state index contributed by atoms with van der Waals surface area (Å²) in [4.78, 5) is 7.25. The summed E-state index contributed by atoms with van der Waals surface area (Å²) in [5.74, 6) is 1.48. The van der Waals surface area contributed by atoms with Crippen LogP contribution in [0.25, 0.3) is 16.9 Å². The number of hydrogen-bond donors (Lipinski definition) is 1. The van der Waals surface area contributed by atoms with Gasteiger partial charge in [-0.15, -0.1) is 0 Å². The lowest BCUT2D eigenvalue weighted by Gasteiger charge is -2.26. The fourth-order valence-corrected chi connectivity index (χ4v) is 3.60. The number of hydrogen-bond acceptors (Lipinski definition) is 5. The second kappa shape index (κ2) is 7.88. The van der Waals surface area contributed by atoms with Gasteiger partial charge in [-0.1, -0.05) is 6.42 Å². The summed E-state index contributed by atoms with van der Waals surface area (Å²) in [5.41, 5.74) is 9.28. The molecule has 3 heterocycles. The highest BCUT2D eigenvalue weighted by molar-refractivity contribution is 5.71. The highest BCUT2D eigenvalue weighted by Crippen LogP contribution is 2.29. The van der Waals surface area contributed by atoms with Gasteiger partial charge in [0, 0.05) is 24.5 Å². The number of piperidine rings is 1. The number of nitrogens with zero attached hydrogens (tertiary/aromatic N) is 3. The molecule has 27 heavy (non-hydrogen) atoms.